The molecule has 2 bridgehead atoms. The molecule has 1 unspecified atom stereocenters. The highest BCUT2D eigenvalue weighted by atomic mass is 79.9. The summed E-state index contributed by atoms with van der Waals surface area (Å²) in [6.07, 6.45) is 2.02. The number of carbonyl (C=O) groups excluding carboxylic acids is 2. The number of fused-ring (bicyclic) bond motifs is 1. The minimum Gasteiger partial charge on any atom is -0.481 e. The number of aliphatic hydroxyl groups excluding tert-OH is 1. The van der Waals surface area contributed by atoms with Gasteiger partial charge in [-0.3, -0.25) is 14.4 Å². The third-order valence-corrected chi connectivity index (χ3v) is 8.17. The lowest BCUT2D eigenvalue weighted by Crippen LogP contribution is -2.60. The minimum absolute atomic E-state index is 0.0772. The second-order valence-corrected chi connectivity index (χ2v) is 10.4. The van der Waals surface area contributed by atoms with Crippen LogP contribution in [0.15, 0.2) is 12.7 Å². The van der Waals surface area contributed by atoms with Gasteiger partial charge in [0.15, 0.2) is 0 Å². The predicted octanol–water partition coefficient (Wildman–Crippen LogP) is 1.65. The van der Waals surface area contributed by atoms with Crippen LogP contribution in [0.3, 0.4) is 0 Å². The molecule has 3 rings (SSSR count). The number of carboxylic acids is 1. The average molecular weight is 501 g/mol. The molecule has 3 heterocycles. The van der Waals surface area contributed by atoms with Crippen molar-refractivity contribution in [2.45, 2.75) is 75.2 Å². The fraction of sp³-hybridized carbons (Fsp3) is 0.773. The Kier molecular flexibility index (Phi) is 6.89. The Hall–Kier alpha value is -1.45. The molecule has 0 aliphatic carbocycles. The van der Waals surface area contributed by atoms with Gasteiger partial charge in [-0.15, -0.1) is 6.58 Å². The van der Waals surface area contributed by atoms with Crippen LogP contribution >= 0.6 is 15.9 Å². The van der Waals surface area contributed by atoms with Gasteiger partial charge in [0.1, 0.15) is 11.6 Å². The molecule has 8 atom stereocenters. The van der Waals surface area contributed by atoms with Crippen molar-refractivity contribution in [3.8, 4) is 0 Å². The van der Waals surface area contributed by atoms with E-state index in [1.54, 1.807) is 11.0 Å². The van der Waals surface area contributed by atoms with E-state index in [4.69, 9.17) is 4.74 Å². The number of amides is 2. The van der Waals surface area contributed by atoms with E-state index < -0.39 is 47.5 Å². The van der Waals surface area contributed by atoms with Crippen molar-refractivity contribution >= 4 is 33.7 Å². The Morgan fingerprint density at radius 1 is 1.42 bits per heavy atom. The minimum atomic E-state index is -1.23. The van der Waals surface area contributed by atoms with Crippen molar-refractivity contribution < 1.29 is 29.3 Å². The summed E-state index contributed by atoms with van der Waals surface area (Å²) >= 11 is 3.54. The number of halogens is 1. The van der Waals surface area contributed by atoms with Crippen LogP contribution in [0.25, 0.3) is 0 Å². The largest absolute Gasteiger partial charge is 0.481 e. The molecule has 3 aliphatic rings. The number of aliphatic hydroxyl groups is 1. The van der Waals surface area contributed by atoms with Crippen molar-refractivity contribution in [3.63, 3.8) is 0 Å². The highest BCUT2D eigenvalue weighted by Crippen LogP contribution is 2.60. The van der Waals surface area contributed by atoms with Crippen molar-refractivity contribution in [1.82, 2.24) is 9.80 Å². The van der Waals surface area contributed by atoms with Crippen LogP contribution in [-0.4, -0.2) is 85.6 Å². The highest BCUT2D eigenvalue weighted by Gasteiger charge is 2.77. The SMILES string of the molecule is C=CCN(C(=O)[C@H]1N([C@@H](CO)[C@@H](C)CC)C(=O)[C@@H]2[C@@H](C(=O)O)[C@@H]3O[C@@]21CC3Br)C(C)C. The molecule has 3 saturated heterocycles. The van der Waals surface area contributed by atoms with Gasteiger partial charge in [-0.05, 0) is 26.2 Å². The van der Waals surface area contributed by atoms with E-state index in [1.807, 2.05) is 27.7 Å². The van der Waals surface area contributed by atoms with Crippen LogP contribution in [0.2, 0.25) is 0 Å². The first kappa shape index (κ1) is 24.2. The third kappa shape index (κ3) is 3.53. The number of rotatable bonds is 9. The van der Waals surface area contributed by atoms with Gasteiger partial charge in [-0.25, -0.2) is 0 Å². The zero-order valence-electron chi connectivity index (χ0n) is 18.5. The van der Waals surface area contributed by atoms with E-state index in [-0.39, 0.29) is 29.3 Å². The molecule has 2 N–H and O–H groups in total. The van der Waals surface area contributed by atoms with Gasteiger partial charge >= 0.3 is 5.97 Å². The van der Waals surface area contributed by atoms with Gasteiger partial charge in [0.2, 0.25) is 11.8 Å². The smallest absolute Gasteiger partial charge is 0.310 e. The summed E-state index contributed by atoms with van der Waals surface area (Å²) < 4.78 is 6.28. The Balaban J connectivity index is 2.16. The van der Waals surface area contributed by atoms with Gasteiger partial charge < -0.3 is 24.7 Å². The number of hydrogen-bond donors (Lipinski definition) is 2. The molecule has 2 amide bonds. The van der Waals surface area contributed by atoms with E-state index in [2.05, 4.69) is 22.5 Å². The maximum atomic E-state index is 13.9. The predicted molar refractivity (Wildman–Crippen MR) is 118 cm³/mol. The van der Waals surface area contributed by atoms with Crippen LogP contribution < -0.4 is 0 Å². The number of hydrogen-bond acceptors (Lipinski definition) is 5. The summed E-state index contributed by atoms with van der Waals surface area (Å²) in [5.74, 6) is -3.86. The van der Waals surface area contributed by atoms with E-state index in [0.717, 1.165) is 0 Å². The number of ether oxygens (including phenoxy) is 1. The van der Waals surface area contributed by atoms with Gasteiger partial charge in [0.25, 0.3) is 0 Å². The Morgan fingerprint density at radius 3 is 2.55 bits per heavy atom. The quantitative estimate of drug-likeness (QED) is 0.368. The lowest BCUT2D eigenvalue weighted by atomic mass is 9.70. The van der Waals surface area contributed by atoms with Crippen molar-refractivity contribution in [2.24, 2.45) is 17.8 Å². The normalized spacial score (nSPS) is 35.9. The summed E-state index contributed by atoms with van der Waals surface area (Å²) in [7, 11) is 0. The number of nitrogens with zero attached hydrogens (tertiary/aromatic N) is 2. The maximum Gasteiger partial charge on any atom is 0.310 e. The highest BCUT2D eigenvalue weighted by molar-refractivity contribution is 9.09. The zero-order valence-corrected chi connectivity index (χ0v) is 20.1. The Labute approximate surface area is 191 Å². The first-order chi connectivity index (χ1) is 14.6. The van der Waals surface area contributed by atoms with E-state index in [0.29, 0.717) is 19.4 Å². The summed E-state index contributed by atoms with van der Waals surface area (Å²) in [4.78, 5) is 42.6. The lowest BCUT2D eigenvalue weighted by molar-refractivity contribution is -0.155. The summed E-state index contributed by atoms with van der Waals surface area (Å²) in [6.45, 7) is 11.4. The third-order valence-electron chi connectivity index (χ3n) is 7.32. The van der Waals surface area contributed by atoms with E-state index >= 15 is 0 Å². The van der Waals surface area contributed by atoms with E-state index in [1.165, 1.54) is 4.90 Å². The molecule has 9 heteroatoms. The second kappa shape index (κ2) is 8.83. The summed E-state index contributed by atoms with van der Waals surface area (Å²) in [6, 6.07) is -1.74. The van der Waals surface area contributed by atoms with Crippen LogP contribution in [-0.2, 0) is 19.1 Å². The van der Waals surface area contributed by atoms with Crippen molar-refractivity contribution in [3.05, 3.63) is 12.7 Å². The van der Waals surface area contributed by atoms with Gasteiger partial charge in [0.05, 0.1) is 30.6 Å². The molecular weight excluding hydrogens is 468 g/mol. The van der Waals surface area contributed by atoms with Crippen molar-refractivity contribution in [2.75, 3.05) is 13.2 Å². The molecule has 0 radical (unpaired) electrons. The van der Waals surface area contributed by atoms with Crippen LogP contribution in [0, 0.1) is 17.8 Å². The van der Waals surface area contributed by atoms with Crippen LogP contribution in [0.1, 0.15) is 40.5 Å². The van der Waals surface area contributed by atoms with Crippen molar-refractivity contribution in [1.29, 1.82) is 0 Å². The Bertz CT molecular complexity index is 760. The van der Waals surface area contributed by atoms with Crippen LogP contribution in [0.4, 0.5) is 0 Å². The number of aliphatic carboxylic acids is 1. The van der Waals surface area contributed by atoms with E-state index in [9.17, 15) is 24.6 Å². The molecule has 1 spiro atoms. The molecule has 174 valence electrons. The molecule has 0 aromatic rings. The Morgan fingerprint density at radius 2 is 2.06 bits per heavy atom. The number of likely N-dealkylation sites (tertiary alicyclic amines) is 1. The molecule has 3 fully saturated rings. The zero-order chi connectivity index (χ0) is 23.2. The molecule has 0 aromatic carbocycles. The first-order valence-electron chi connectivity index (χ1n) is 11.0. The number of carboxylic acid groups (broad SMARTS) is 1. The maximum absolute atomic E-state index is 13.9. The van der Waals surface area contributed by atoms with Gasteiger partial charge in [0, 0.05) is 17.4 Å². The molecule has 0 aromatic heterocycles. The van der Waals surface area contributed by atoms with Gasteiger partial charge in [-0.2, -0.15) is 0 Å². The fourth-order valence-electron chi connectivity index (χ4n) is 5.65. The molecule has 3 aliphatic heterocycles. The fourth-order valence-corrected chi connectivity index (χ4v) is 6.59. The standard InChI is InChI=1S/C22H33BrN2O6/c1-6-8-24(11(3)4)20(28)18-22-9-13(23)17(31-22)15(21(29)30)16(22)19(27)25(18)14(10-26)12(5)7-2/h6,11-18,26H,1,7-10H2,2-5H3,(H,29,30)/t12-,13?,14-,15+,16-,17+,18+,22-/m0/s1. The molecule has 0 saturated carbocycles. The summed E-state index contributed by atoms with van der Waals surface area (Å²) in [5, 5.41) is 20.1. The van der Waals surface area contributed by atoms with Gasteiger partial charge in [-0.1, -0.05) is 42.3 Å². The monoisotopic (exact) mass is 500 g/mol. The second-order valence-electron chi connectivity index (χ2n) is 9.26. The molecule has 31 heavy (non-hydrogen) atoms. The number of alkyl halides is 1. The summed E-state index contributed by atoms with van der Waals surface area (Å²) in [5.41, 5.74) is -1.23. The topological polar surface area (TPSA) is 107 Å². The lowest BCUT2D eigenvalue weighted by Gasteiger charge is -2.41. The molecular formula is C22H33BrN2O6. The van der Waals surface area contributed by atoms with Crippen LogP contribution in [0.5, 0.6) is 0 Å². The average Bonchev–Trinajstić information content (AvgIpc) is 3.30. The first-order valence-corrected chi connectivity index (χ1v) is 11.9. The molecule has 8 nitrogen and oxygen atoms in total. The number of carbonyl (C=O) groups is 3.